The van der Waals surface area contributed by atoms with Crippen molar-refractivity contribution in [1.82, 2.24) is 25.2 Å². The number of amides is 3. The molecule has 0 saturated carbocycles. The fourth-order valence-electron chi connectivity index (χ4n) is 3.41. The number of imide groups is 1. The molecule has 1 N–H and O–H groups in total. The average Bonchev–Trinajstić information content (AvgIpc) is 3.26. The highest BCUT2D eigenvalue weighted by atomic mass is 16.5. The fourth-order valence-corrected chi connectivity index (χ4v) is 3.41. The first-order chi connectivity index (χ1) is 13.5. The number of hydrogen-bond donors (Lipinski definition) is 1. The van der Waals surface area contributed by atoms with E-state index < -0.39 is 17.9 Å². The van der Waals surface area contributed by atoms with Gasteiger partial charge in [0.05, 0.1) is 31.1 Å². The first kappa shape index (κ1) is 17.8. The standard InChI is InChI=1S/C18H17N5O5/c1-28-16(25)6-11-9-23(21-20-11)12-3-2-10-8-22(18(27)13(10)7-12)14-4-5-15(24)19-17(14)26/h2-3,7,9,14H,4-6,8H2,1H3,(H,19,24,26). The lowest BCUT2D eigenvalue weighted by molar-refractivity contribution is -0.140. The van der Waals surface area contributed by atoms with E-state index in [1.54, 1.807) is 24.4 Å². The van der Waals surface area contributed by atoms with Gasteiger partial charge in [0.1, 0.15) is 6.04 Å². The molecule has 144 valence electrons. The molecule has 0 aliphatic carbocycles. The van der Waals surface area contributed by atoms with Crippen LogP contribution in [0, 0.1) is 0 Å². The molecular weight excluding hydrogens is 366 g/mol. The number of piperidine rings is 1. The first-order valence-corrected chi connectivity index (χ1v) is 8.72. The molecule has 3 amide bonds. The van der Waals surface area contributed by atoms with Gasteiger partial charge in [-0.1, -0.05) is 11.3 Å². The maximum atomic E-state index is 12.9. The smallest absolute Gasteiger partial charge is 0.311 e. The Hall–Kier alpha value is -3.56. The number of ether oxygens (including phenoxy) is 1. The van der Waals surface area contributed by atoms with Gasteiger partial charge in [-0.15, -0.1) is 5.10 Å². The molecule has 1 aromatic heterocycles. The summed E-state index contributed by atoms with van der Waals surface area (Å²) in [4.78, 5) is 49.1. The van der Waals surface area contributed by atoms with Crippen LogP contribution in [-0.2, 0) is 32.1 Å². The van der Waals surface area contributed by atoms with E-state index in [9.17, 15) is 19.2 Å². The van der Waals surface area contributed by atoms with E-state index >= 15 is 0 Å². The predicted molar refractivity (Wildman–Crippen MR) is 93.1 cm³/mol. The van der Waals surface area contributed by atoms with Gasteiger partial charge in [0.15, 0.2) is 0 Å². The second-order valence-corrected chi connectivity index (χ2v) is 6.65. The van der Waals surface area contributed by atoms with Crippen LogP contribution in [-0.4, -0.2) is 56.7 Å². The van der Waals surface area contributed by atoms with Crippen molar-refractivity contribution in [3.8, 4) is 5.69 Å². The van der Waals surface area contributed by atoms with Crippen LogP contribution < -0.4 is 5.32 Å². The molecule has 4 rings (SSSR count). The van der Waals surface area contributed by atoms with Crippen LogP contribution in [0.5, 0.6) is 0 Å². The number of carbonyl (C=O) groups excluding carboxylic acids is 4. The summed E-state index contributed by atoms with van der Waals surface area (Å²) in [5, 5.41) is 10.2. The lowest BCUT2D eigenvalue weighted by Crippen LogP contribution is -2.52. The molecule has 0 radical (unpaired) electrons. The molecule has 0 spiro atoms. The molecule has 1 saturated heterocycles. The van der Waals surface area contributed by atoms with Crippen molar-refractivity contribution in [2.24, 2.45) is 0 Å². The van der Waals surface area contributed by atoms with Crippen LogP contribution in [0.15, 0.2) is 24.4 Å². The van der Waals surface area contributed by atoms with Crippen LogP contribution in [0.4, 0.5) is 0 Å². The van der Waals surface area contributed by atoms with Crippen LogP contribution in [0.3, 0.4) is 0 Å². The van der Waals surface area contributed by atoms with Gasteiger partial charge in [-0.3, -0.25) is 24.5 Å². The number of rotatable bonds is 4. The van der Waals surface area contributed by atoms with E-state index in [-0.39, 0.29) is 24.7 Å². The predicted octanol–water partition coefficient (Wildman–Crippen LogP) is -0.256. The molecular formula is C18H17N5O5. The summed E-state index contributed by atoms with van der Waals surface area (Å²) in [5.74, 6) is -1.44. The second-order valence-electron chi connectivity index (χ2n) is 6.65. The average molecular weight is 383 g/mol. The summed E-state index contributed by atoms with van der Waals surface area (Å²) >= 11 is 0. The van der Waals surface area contributed by atoms with Crippen molar-refractivity contribution in [3.05, 3.63) is 41.2 Å². The Morgan fingerprint density at radius 1 is 1.32 bits per heavy atom. The van der Waals surface area contributed by atoms with E-state index in [4.69, 9.17) is 0 Å². The largest absolute Gasteiger partial charge is 0.469 e. The number of nitrogens with one attached hydrogen (secondary N) is 1. The molecule has 10 nitrogen and oxygen atoms in total. The van der Waals surface area contributed by atoms with Crippen LogP contribution in [0.25, 0.3) is 5.69 Å². The van der Waals surface area contributed by atoms with Gasteiger partial charge >= 0.3 is 5.97 Å². The van der Waals surface area contributed by atoms with Gasteiger partial charge in [-0.05, 0) is 24.1 Å². The SMILES string of the molecule is COC(=O)Cc1cn(-c2ccc3c(c2)C(=O)N(C2CCC(=O)NC2=O)C3)nn1. The van der Waals surface area contributed by atoms with Gasteiger partial charge in [0.25, 0.3) is 5.91 Å². The first-order valence-electron chi connectivity index (χ1n) is 8.72. The van der Waals surface area contributed by atoms with Gasteiger partial charge < -0.3 is 9.64 Å². The van der Waals surface area contributed by atoms with Crippen LogP contribution in [0.1, 0.15) is 34.5 Å². The molecule has 1 fully saturated rings. The molecule has 1 aromatic carbocycles. The quantitative estimate of drug-likeness (QED) is 0.570. The van der Waals surface area contributed by atoms with E-state index in [0.29, 0.717) is 29.9 Å². The number of esters is 1. The highest BCUT2D eigenvalue weighted by Gasteiger charge is 2.39. The number of fused-ring (bicyclic) bond motifs is 1. The molecule has 3 heterocycles. The summed E-state index contributed by atoms with van der Waals surface area (Å²) in [5.41, 5.74) is 2.34. The molecule has 2 aliphatic heterocycles. The number of carbonyl (C=O) groups is 4. The summed E-state index contributed by atoms with van der Waals surface area (Å²) in [6.07, 6.45) is 2.13. The normalized spacial score (nSPS) is 18.8. The Bertz CT molecular complexity index is 998. The zero-order valence-corrected chi connectivity index (χ0v) is 15.0. The van der Waals surface area contributed by atoms with E-state index in [1.807, 2.05) is 0 Å². The molecule has 28 heavy (non-hydrogen) atoms. The molecule has 10 heteroatoms. The third-order valence-electron chi connectivity index (χ3n) is 4.87. The summed E-state index contributed by atoms with van der Waals surface area (Å²) in [6.45, 7) is 0.311. The van der Waals surface area contributed by atoms with E-state index in [1.165, 1.54) is 16.7 Å². The Kier molecular flexibility index (Phi) is 4.38. The third kappa shape index (κ3) is 3.13. The topological polar surface area (TPSA) is 123 Å². The number of hydrogen-bond acceptors (Lipinski definition) is 7. The minimum atomic E-state index is -0.654. The molecule has 0 bridgehead atoms. The van der Waals surface area contributed by atoms with E-state index in [2.05, 4.69) is 20.4 Å². The van der Waals surface area contributed by atoms with Crippen molar-refractivity contribution < 1.29 is 23.9 Å². The maximum Gasteiger partial charge on any atom is 0.311 e. The number of benzene rings is 1. The minimum absolute atomic E-state index is 0.00363. The van der Waals surface area contributed by atoms with Crippen molar-refractivity contribution in [2.75, 3.05) is 7.11 Å². The lowest BCUT2D eigenvalue weighted by Gasteiger charge is -2.29. The molecule has 1 unspecified atom stereocenters. The van der Waals surface area contributed by atoms with Gasteiger partial charge in [-0.25, -0.2) is 4.68 Å². The zero-order valence-electron chi connectivity index (χ0n) is 15.0. The Morgan fingerprint density at radius 3 is 2.89 bits per heavy atom. The molecule has 2 aliphatic rings. The number of nitrogens with zero attached hydrogens (tertiary/aromatic N) is 4. The monoisotopic (exact) mass is 383 g/mol. The number of aromatic nitrogens is 3. The van der Waals surface area contributed by atoms with Crippen LogP contribution >= 0.6 is 0 Å². The minimum Gasteiger partial charge on any atom is -0.469 e. The second kappa shape index (κ2) is 6.87. The molecule has 1 atom stereocenters. The van der Waals surface area contributed by atoms with Crippen molar-refractivity contribution in [2.45, 2.75) is 31.8 Å². The van der Waals surface area contributed by atoms with Gasteiger partial charge in [-0.2, -0.15) is 0 Å². The van der Waals surface area contributed by atoms with E-state index in [0.717, 1.165) is 5.56 Å². The van der Waals surface area contributed by atoms with Crippen molar-refractivity contribution in [3.63, 3.8) is 0 Å². The van der Waals surface area contributed by atoms with Crippen molar-refractivity contribution >= 4 is 23.7 Å². The summed E-state index contributed by atoms with van der Waals surface area (Å²) in [7, 11) is 1.30. The zero-order chi connectivity index (χ0) is 19.8. The van der Waals surface area contributed by atoms with Gasteiger partial charge in [0.2, 0.25) is 11.8 Å². The fraction of sp³-hybridized carbons (Fsp3) is 0.333. The third-order valence-corrected chi connectivity index (χ3v) is 4.87. The highest BCUT2D eigenvalue weighted by Crippen LogP contribution is 2.29. The van der Waals surface area contributed by atoms with Gasteiger partial charge in [0, 0.05) is 18.5 Å². The van der Waals surface area contributed by atoms with Crippen LogP contribution in [0.2, 0.25) is 0 Å². The number of methoxy groups -OCH3 is 1. The van der Waals surface area contributed by atoms with Crippen molar-refractivity contribution in [1.29, 1.82) is 0 Å². The maximum absolute atomic E-state index is 12.9. The Balaban J connectivity index is 1.56. The summed E-state index contributed by atoms with van der Waals surface area (Å²) < 4.78 is 6.08. The Morgan fingerprint density at radius 2 is 2.14 bits per heavy atom. The highest BCUT2D eigenvalue weighted by molar-refractivity contribution is 6.05. The Labute approximate surface area is 159 Å². The lowest BCUT2D eigenvalue weighted by atomic mass is 10.0. The summed E-state index contributed by atoms with van der Waals surface area (Å²) in [6, 6.07) is 4.62. The molecule has 2 aromatic rings.